The molecule has 2 heterocycles. The number of rotatable bonds is 6. The molecule has 0 aliphatic carbocycles. The van der Waals surface area contributed by atoms with Gasteiger partial charge in [0.1, 0.15) is 11.5 Å². The summed E-state index contributed by atoms with van der Waals surface area (Å²) in [7, 11) is 0. The molecule has 0 atom stereocenters. The molecule has 3 aromatic rings. The molecule has 0 fully saturated rings. The number of hydrogen-bond acceptors (Lipinski definition) is 5. The number of amides is 1. The van der Waals surface area contributed by atoms with Gasteiger partial charge in [0, 0.05) is 17.1 Å². The van der Waals surface area contributed by atoms with Crippen molar-refractivity contribution in [1.29, 1.82) is 0 Å². The van der Waals surface area contributed by atoms with Gasteiger partial charge in [-0.25, -0.2) is 4.79 Å². The summed E-state index contributed by atoms with van der Waals surface area (Å²) in [6.45, 7) is 3.67. The summed E-state index contributed by atoms with van der Waals surface area (Å²) in [6, 6.07) is 14.4. The molecule has 2 aromatic heterocycles. The molecule has 0 saturated carbocycles. The second-order valence-corrected chi connectivity index (χ2v) is 7.21. The van der Waals surface area contributed by atoms with Gasteiger partial charge in [0.2, 0.25) is 5.91 Å². The van der Waals surface area contributed by atoms with Crippen LogP contribution in [-0.2, 0) is 16.1 Å². The number of pyridine rings is 1. The van der Waals surface area contributed by atoms with Crippen molar-refractivity contribution in [2.45, 2.75) is 20.4 Å². The third-order valence-electron chi connectivity index (χ3n) is 3.98. The molecule has 1 amide bonds. The second-order valence-electron chi connectivity index (χ2n) is 6.16. The summed E-state index contributed by atoms with van der Waals surface area (Å²) < 4.78 is 6.45. The first kappa shape index (κ1) is 19.6. The summed E-state index contributed by atoms with van der Waals surface area (Å²) in [5, 5.41) is 3.16. The van der Waals surface area contributed by atoms with Crippen LogP contribution in [0.15, 0.2) is 59.5 Å². The minimum absolute atomic E-state index is 0.138. The first-order valence-electron chi connectivity index (χ1n) is 8.81. The van der Waals surface area contributed by atoms with Crippen molar-refractivity contribution in [3.05, 3.63) is 76.2 Å². The number of aryl methyl sites for hydroxylation is 1. The number of carbonyl (C=O) groups excluding carboxylic acids is 2. The Hall–Kier alpha value is -3.19. The van der Waals surface area contributed by atoms with Gasteiger partial charge < -0.3 is 14.6 Å². The lowest BCUT2D eigenvalue weighted by Crippen LogP contribution is -2.27. The molecule has 0 aliphatic rings. The Morgan fingerprint density at radius 3 is 2.61 bits per heavy atom. The average molecular weight is 396 g/mol. The number of thiophene rings is 1. The van der Waals surface area contributed by atoms with Crippen molar-refractivity contribution >= 4 is 28.2 Å². The van der Waals surface area contributed by atoms with Crippen LogP contribution >= 0.6 is 11.3 Å². The zero-order chi connectivity index (χ0) is 20.1. The maximum Gasteiger partial charge on any atom is 0.341 e. The van der Waals surface area contributed by atoms with E-state index in [1.165, 1.54) is 22.0 Å². The predicted molar refractivity (Wildman–Crippen MR) is 110 cm³/mol. The van der Waals surface area contributed by atoms with Gasteiger partial charge in [-0.05, 0) is 31.0 Å². The van der Waals surface area contributed by atoms with E-state index in [1.807, 2.05) is 37.3 Å². The van der Waals surface area contributed by atoms with Crippen molar-refractivity contribution in [1.82, 2.24) is 4.57 Å². The predicted octanol–water partition coefficient (Wildman–Crippen LogP) is 3.70. The molecule has 144 valence electrons. The topological polar surface area (TPSA) is 77.4 Å². The van der Waals surface area contributed by atoms with Crippen LogP contribution in [0.4, 0.5) is 5.00 Å². The van der Waals surface area contributed by atoms with Gasteiger partial charge in [0.25, 0.3) is 5.56 Å². The van der Waals surface area contributed by atoms with E-state index in [-0.39, 0.29) is 24.6 Å². The van der Waals surface area contributed by atoms with Gasteiger partial charge in [-0.1, -0.05) is 36.4 Å². The van der Waals surface area contributed by atoms with E-state index in [0.29, 0.717) is 10.6 Å². The standard InChI is InChI=1S/C21H20N2O4S/c1-3-27-21(26)16-11-17(15-7-5-4-6-8-15)28-20(16)22-18(24)13-23-12-14(2)9-10-19(23)25/h4-12H,3,13H2,1-2H3,(H,22,24). The fourth-order valence-corrected chi connectivity index (χ4v) is 3.75. The minimum Gasteiger partial charge on any atom is -0.462 e. The van der Waals surface area contributed by atoms with E-state index in [0.717, 1.165) is 16.0 Å². The molecule has 0 aliphatic heterocycles. The second kappa shape index (κ2) is 8.67. The zero-order valence-corrected chi connectivity index (χ0v) is 16.4. The van der Waals surface area contributed by atoms with Crippen molar-refractivity contribution < 1.29 is 14.3 Å². The third-order valence-corrected chi connectivity index (χ3v) is 5.08. The van der Waals surface area contributed by atoms with Crippen LogP contribution in [0.3, 0.4) is 0 Å². The molecule has 7 heteroatoms. The lowest BCUT2D eigenvalue weighted by atomic mass is 10.1. The quantitative estimate of drug-likeness (QED) is 0.645. The first-order chi connectivity index (χ1) is 13.5. The summed E-state index contributed by atoms with van der Waals surface area (Å²) in [5.74, 6) is -0.885. The lowest BCUT2D eigenvalue weighted by molar-refractivity contribution is -0.116. The molecule has 6 nitrogen and oxygen atoms in total. The highest BCUT2D eigenvalue weighted by molar-refractivity contribution is 7.20. The first-order valence-corrected chi connectivity index (χ1v) is 9.63. The van der Waals surface area contributed by atoms with E-state index < -0.39 is 5.97 Å². The Labute approximate surface area is 166 Å². The van der Waals surface area contributed by atoms with Crippen molar-refractivity contribution in [3.8, 4) is 10.4 Å². The summed E-state index contributed by atoms with van der Waals surface area (Å²) >= 11 is 1.29. The number of anilines is 1. The number of esters is 1. The average Bonchev–Trinajstić information content (AvgIpc) is 3.09. The molecule has 0 unspecified atom stereocenters. The molecule has 0 saturated heterocycles. The van der Waals surface area contributed by atoms with Crippen LogP contribution in [0.2, 0.25) is 0 Å². The number of ether oxygens (including phenoxy) is 1. The number of carbonyl (C=O) groups is 2. The van der Waals surface area contributed by atoms with Gasteiger partial charge in [-0.15, -0.1) is 11.3 Å². The van der Waals surface area contributed by atoms with Crippen LogP contribution in [0.1, 0.15) is 22.8 Å². The zero-order valence-electron chi connectivity index (χ0n) is 15.6. The molecule has 1 N–H and O–H groups in total. The smallest absolute Gasteiger partial charge is 0.341 e. The summed E-state index contributed by atoms with van der Waals surface area (Å²) in [5.41, 5.74) is 1.86. The van der Waals surface area contributed by atoms with Gasteiger partial charge in [0.05, 0.1) is 12.2 Å². The Kier molecular flexibility index (Phi) is 6.06. The SMILES string of the molecule is CCOC(=O)c1cc(-c2ccccc2)sc1NC(=O)Cn1cc(C)ccc1=O. The van der Waals surface area contributed by atoms with Crippen LogP contribution < -0.4 is 10.9 Å². The third kappa shape index (κ3) is 4.55. The van der Waals surface area contributed by atoms with Crippen molar-refractivity contribution in [2.75, 3.05) is 11.9 Å². The number of nitrogens with zero attached hydrogens (tertiary/aromatic N) is 1. The maximum atomic E-state index is 12.5. The minimum atomic E-state index is -0.496. The highest BCUT2D eigenvalue weighted by Crippen LogP contribution is 2.35. The van der Waals surface area contributed by atoms with Crippen LogP contribution in [0.25, 0.3) is 10.4 Å². The highest BCUT2D eigenvalue weighted by atomic mass is 32.1. The normalized spacial score (nSPS) is 10.5. The largest absolute Gasteiger partial charge is 0.462 e. The monoisotopic (exact) mass is 396 g/mol. The maximum absolute atomic E-state index is 12.5. The van der Waals surface area contributed by atoms with Gasteiger partial charge in [0.15, 0.2) is 0 Å². The molecular formula is C21H20N2O4S. The molecule has 0 radical (unpaired) electrons. The molecule has 0 spiro atoms. The number of hydrogen-bond donors (Lipinski definition) is 1. The van der Waals surface area contributed by atoms with Crippen molar-refractivity contribution in [3.63, 3.8) is 0 Å². The van der Waals surface area contributed by atoms with Crippen LogP contribution in [0.5, 0.6) is 0 Å². The Morgan fingerprint density at radius 1 is 1.14 bits per heavy atom. The van der Waals surface area contributed by atoms with Gasteiger partial charge >= 0.3 is 5.97 Å². The molecule has 0 bridgehead atoms. The Morgan fingerprint density at radius 2 is 1.89 bits per heavy atom. The van der Waals surface area contributed by atoms with Crippen LogP contribution in [-0.4, -0.2) is 23.1 Å². The van der Waals surface area contributed by atoms with Gasteiger partial charge in [-0.2, -0.15) is 0 Å². The molecule has 3 rings (SSSR count). The number of aromatic nitrogens is 1. The van der Waals surface area contributed by atoms with E-state index in [2.05, 4.69) is 5.32 Å². The molecule has 28 heavy (non-hydrogen) atoms. The summed E-state index contributed by atoms with van der Waals surface area (Å²) in [6.07, 6.45) is 1.62. The Balaban J connectivity index is 1.88. The highest BCUT2D eigenvalue weighted by Gasteiger charge is 2.20. The fourth-order valence-electron chi connectivity index (χ4n) is 2.68. The van der Waals surface area contributed by atoms with E-state index in [1.54, 1.807) is 25.3 Å². The lowest BCUT2D eigenvalue weighted by Gasteiger charge is -2.08. The van der Waals surface area contributed by atoms with Crippen molar-refractivity contribution in [2.24, 2.45) is 0 Å². The van der Waals surface area contributed by atoms with E-state index in [4.69, 9.17) is 4.74 Å². The molecule has 1 aromatic carbocycles. The van der Waals surface area contributed by atoms with E-state index >= 15 is 0 Å². The molecular weight excluding hydrogens is 376 g/mol. The number of benzene rings is 1. The van der Waals surface area contributed by atoms with Gasteiger partial charge in [-0.3, -0.25) is 9.59 Å². The summed E-state index contributed by atoms with van der Waals surface area (Å²) in [4.78, 5) is 37.6. The Bertz CT molecular complexity index is 1050. The fraction of sp³-hybridized carbons (Fsp3) is 0.190. The van der Waals surface area contributed by atoms with E-state index in [9.17, 15) is 14.4 Å². The number of nitrogens with one attached hydrogen (secondary N) is 1. The van der Waals surface area contributed by atoms with Crippen LogP contribution in [0, 0.1) is 6.92 Å².